The second kappa shape index (κ2) is 11.6. The fourth-order valence-electron chi connectivity index (χ4n) is 4.36. The average Bonchev–Trinajstić information content (AvgIpc) is 3.64. The molecule has 1 aliphatic rings. The molecule has 1 saturated carbocycles. The smallest absolute Gasteiger partial charge is 0.269 e. The zero-order valence-corrected chi connectivity index (χ0v) is 23.3. The molecule has 40 heavy (non-hydrogen) atoms. The first kappa shape index (κ1) is 29.0. The van der Waals surface area contributed by atoms with Crippen molar-refractivity contribution in [2.24, 2.45) is 11.1 Å². The van der Waals surface area contributed by atoms with Gasteiger partial charge < -0.3 is 21.3 Å². The van der Waals surface area contributed by atoms with Crippen molar-refractivity contribution in [1.29, 1.82) is 0 Å². The van der Waals surface area contributed by atoms with Gasteiger partial charge in [0.15, 0.2) is 5.69 Å². The zero-order chi connectivity index (χ0) is 29.2. The van der Waals surface area contributed by atoms with Crippen LogP contribution in [0.15, 0.2) is 36.4 Å². The van der Waals surface area contributed by atoms with Gasteiger partial charge in [-0.3, -0.25) is 23.9 Å². The van der Waals surface area contributed by atoms with E-state index in [4.69, 9.17) is 17.3 Å². The van der Waals surface area contributed by atoms with Crippen molar-refractivity contribution in [3.63, 3.8) is 0 Å². The molecule has 4 amide bonds. The average molecular weight is 571 g/mol. The summed E-state index contributed by atoms with van der Waals surface area (Å²) in [5.74, 6) is -2.37. The largest absolute Gasteiger partial charge is 0.364 e. The number of aromatic nitrogens is 2. The van der Waals surface area contributed by atoms with Crippen molar-refractivity contribution >= 4 is 51.8 Å². The van der Waals surface area contributed by atoms with Gasteiger partial charge in [-0.2, -0.15) is 5.10 Å². The summed E-state index contributed by atoms with van der Waals surface area (Å²) in [6, 6.07) is 9.35. The summed E-state index contributed by atoms with van der Waals surface area (Å²) in [7, 11) is 0. The molecular weight excluding hydrogens is 539 g/mol. The number of nitrogens with two attached hydrogens (primary N) is 1. The van der Waals surface area contributed by atoms with Crippen molar-refractivity contribution < 1.29 is 23.6 Å². The van der Waals surface area contributed by atoms with E-state index in [-0.39, 0.29) is 59.2 Å². The molecule has 0 unspecified atom stereocenters. The second-order valence-corrected chi connectivity index (χ2v) is 11.5. The number of hydrogen-bond donors (Lipinski definition) is 3. The molecule has 12 heteroatoms. The third-order valence-corrected chi connectivity index (χ3v) is 6.66. The maximum Gasteiger partial charge on any atom is 0.269 e. The second-order valence-electron chi connectivity index (χ2n) is 11.1. The van der Waals surface area contributed by atoms with E-state index in [1.807, 2.05) is 20.8 Å². The number of rotatable bonds is 10. The molecule has 1 fully saturated rings. The predicted molar refractivity (Wildman–Crippen MR) is 149 cm³/mol. The van der Waals surface area contributed by atoms with Crippen LogP contribution in [0.25, 0.3) is 10.9 Å². The third kappa shape index (κ3) is 7.15. The lowest BCUT2D eigenvalue weighted by molar-refractivity contribution is -0.137. The lowest BCUT2D eigenvalue weighted by Crippen LogP contribution is -2.43. The van der Waals surface area contributed by atoms with Gasteiger partial charge in [0, 0.05) is 35.6 Å². The first-order valence-electron chi connectivity index (χ1n) is 12.9. The van der Waals surface area contributed by atoms with Crippen molar-refractivity contribution in [1.82, 2.24) is 20.0 Å². The van der Waals surface area contributed by atoms with Gasteiger partial charge in [0.1, 0.15) is 12.4 Å². The molecule has 1 heterocycles. The molecule has 0 radical (unpaired) electrons. The van der Waals surface area contributed by atoms with Gasteiger partial charge in [-0.15, -0.1) is 0 Å². The first-order valence-corrected chi connectivity index (χ1v) is 13.3. The van der Waals surface area contributed by atoms with Gasteiger partial charge in [-0.1, -0.05) is 44.5 Å². The summed E-state index contributed by atoms with van der Waals surface area (Å²) in [6.45, 7) is 5.35. The Kier molecular flexibility index (Phi) is 8.43. The van der Waals surface area contributed by atoms with E-state index >= 15 is 0 Å². The number of hydrogen-bond acceptors (Lipinski definition) is 5. The number of fused-ring (bicyclic) bond motifs is 1. The summed E-state index contributed by atoms with van der Waals surface area (Å²) < 4.78 is 15.5. The van der Waals surface area contributed by atoms with Crippen LogP contribution in [-0.2, 0) is 27.5 Å². The van der Waals surface area contributed by atoms with Crippen molar-refractivity contribution in [3.05, 3.63) is 58.5 Å². The molecule has 10 nitrogen and oxygen atoms in total. The summed E-state index contributed by atoms with van der Waals surface area (Å²) in [6.07, 6.45) is 1.82. The van der Waals surface area contributed by atoms with Gasteiger partial charge in [0.05, 0.1) is 17.1 Å². The molecule has 0 atom stereocenters. The SMILES string of the molecule is CC(C)(C)CC(=O)Nc1ccc2c(c1)c(C(N)=O)nn2CC(=O)N(CC(=O)NCc1cccc(Cl)c1F)C1CC1. The highest BCUT2D eigenvalue weighted by molar-refractivity contribution is 6.30. The Labute approximate surface area is 236 Å². The number of carbonyl (C=O) groups is 4. The number of nitrogens with zero attached hydrogens (tertiary/aromatic N) is 3. The highest BCUT2D eigenvalue weighted by atomic mass is 35.5. The third-order valence-electron chi connectivity index (χ3n) is 6.37. The molecule has 4 N–H and O–H groups in total. The van der Waals surface area contributed by atoms with Gasteiger partial charge in [-0.25, -0.2) is 4.39 Å². The fraction of sp³-hybridized carbons (Fsp3) is 0.393. The minimum Gasteiger partial charge on any atom is -0.364 e. The first-order chi connectivity index (χ1) is 18.8. The summed E-state index contributed by atoms with van der Waals surface area (Å²) in [5.41, 5.74) is 6.52. The molecule has 0 saturated heterocycles. The molecule has 4 rings (SSSR count). The van der Waals surface area contributed by atoms with Crippen molar-refractivity contribution in [2.45, 2.75) is 59.2 Å². The molecule has 1 aliphatic carbocycles. The molecule has 2 aromatic carbocycles. The minimum absolute atomic E-state index is 0.0333. The van der Waals surface area contributed by atoms with E-state index < -0.39 is 17.6 Å². The zero-order valence-electron chi connectivity index (χ0n) is 22.6. The van der Waals surface area contributed by atoms with Crippen LogP contribution in [-0.4, -0.2) is 50.9 Å². The maximum absolute atomic E-state index is 14.2. The van der Waals surface area contributed by atoms with E-state index in [9.17, 15) is 23.6 Å². The Morgan fingerprint density at radius 3 is 2.52 bits per heavy atom. The number of anilines is 1. The number of benzene rings is 2. The Morgan fingerprint density at radius 2 is 1.88 bits per heavy atom. The number of halogens is 2. The van der Waals surface area contributed by atoms with Crippen LogP contribution in [0.5, 0.6) is 0 Å². The molecule has 0 spiro atoms. The maximum atomic E-state index is 14.2. The summed E-state index contributed by atoms with van der Waals surface area (Å²) in [4.78, 5) is 52.0. The molecule has 212 valence electrons. The van der Waals surface area contributed by atoms with Crippen LogP contribution >= 0.6 is 11.6 Å². The summed E-state index contributed by atoms with van der Waals surface area (Å²) in [5, 5.41) is 10.1. The van der Waals surface area contributed by atoms with Crippen LogP contribution in [0.1, 0.15) is 56.1 Å². The van der Waals surface area contributed by atoms with Crippen LogP contribution < -0.4 is 16.4 Å². The van der Waals surface area contributed by atoms with Gasteiger partial charge in [0.2, 0.25) is 17.7 Å². The van der Waals surface area contributed by atoms with Gasteiger partial charge in [-0.05, 0) is 42.5 Å². The molecule has 1 aromatic heterocycles. The quantitative estimate of drug-likeness (QED) is 0.342. The Balaban J connectivity index is 1.48. The lowest BCUT2D eigenvalue weighted by Gasteiger charge is -2.22. The normalized spacial score (nSPS) is 13.2. The van der Waals surface area contributed by atoms with E-state index in [1.165, 1.54) is 21.7 Å². The molecule has 0 aliphatic heterocycles. The van der Waals surface area contributed by atoms with E-state index in [0.717, 1.165) is 12.8 Å². The van der Waals surface area contributed by atoms with Crippen molar-refractivity contribution in [3.8, 4) is 0 Å². The molecular formula is C28H32ClFN6O4. The monoisotopic (exact) mass is 570 g/mol. The van der Waals surface area contributed by atoms with Crippen LogP contribution in [0.3, 0.4) is 0 Å². The Morgan fingerprint density at radius 1 is 1.15 bits per heavy atom. The minimum atomic E-state index is -0.777. The Hall–Kier alpha value is -3.99. The highest BCUT2D eigenvalue weighted by Gasteiger charge is 2.34. The van der Waals surface area contributed by atoms with Crippen LogP contribution in [0.2, 0.25) is 5.02 Å². The van der Waals surface area contributed by atoms with Crippen LogP contribution in [0, 0.1) is 11.2 Å². The van der Waals surface area contributed by atoms with Gasteiger partial charge in [0.25, 0.3) is 5.91 Å². The van der Waals surface area contributed by atoms with E-state index in [1.54, 1.807) is 24.3 Å². The van der Waals surface area contributed by atoms with E-state index in [2.05, 4.69) is 15.7 Å². The molecule has 3 aromatic rings. The highest BCUT2D eigenvalue weighted by Crippen LogP contribution is 2.28. The number of primary amides is 1. The van der Waals surface area contributed by atoms with Gasteiger partial charge >= 0.3 is 0 Å². The fourth-order valence-corrected chi connectivity index (χ4v) is 4.56. The number of amides is 4. The Bertz CT molecular complexity index is 1480. The molecule has 0 bridgehead atoms. The van der Waals surface area contributed by atoms with Crippen LogP contribution in [0.4, 0.5) is 10.1 Å². The summed E-state index contributed by atoms with van der Waals surface area (Å²) >= 11 is 5.80. The standard InChI is InChI=1S/C28H32ClFN6O4/c1-28(2,3)12-22(37)33-17-7-10-21-19(11-17)26(27(31)40)34-36(21)15-24(39)35(18-8-9-18)14-23(38)32-13-16-5-4-6-20(29)25(16)30/h4-7,10-11,18H,8-9,12-15H2,1-3H3,(H2,31,40)(H,32,38)(H,33,37). The number of nitrogens with one attached hydrogen (secondary N) is 2. The number of carbonyl (C=O) groups excluding carboxylic acids is 4. The lowest BCUT2D eigenvalue weighted by atomic mass is 9.92. The van der Waals surface area contributed by atoms with E-state index in [0.29, 0.717) is 23.0 Å². The topological polar surface area (TPSA) is 139 Å². The predicted octanol–water partition coefficient (Wildman–Crippen LogP) is 3.61. The van der Waals surface area contributed by atoms with Crippen molar-refractivity contribution in [2.75, 3.05) is 11.9 Å².